The normalized spacial score (nSPS) is 18.9. The lowest BCUT2D eigenvalue weighted by Gasteiger charge is -2.28. The fourth-order valence-electron chi connectivity index (χ4n) is 5.18. The van der Waals surface area contributed by atoms with Gasteiger partial charge in [0.15, 0.2) is 11.6 Å². The lowest BCUT2D eigenvalue weighted by molar-refractivity contribution is -0.147. The summed E-state index contributed by atoms with van der Waals surface area (Å²) in [5, 5.41) is 0. The van der Waals surface area contributed by atoms with Crippen molar-refractivity contribution in [3.63, 3.8) is 0 Å². The van der Waals surface area contributed by atoms with E-state index >= 15 is 0 Å². The van der Waals surface area contributed by atoms with Gasteiger partial charge in [0.2, 0.25) is 0 Å². The second-order valence-electron chi connectivity index (χ2n) is 8.65. The van der Waals surface area contributed by atoms with Crippen molar-refractivity contribution in [2.45, 2.75) is 25.2 Å². The van der Waals surface area contributed by atoms with E-state index in [2.05, 4.69) is 0 Å². The first-order valence-corrected chi connectivity index (χ1v) is 11.3. The van der Waals surface area contributed by atoms with E-state index in [1.807, 2.05) is 24.3 Å². The fraction of sp³-hybridized carbons (Fsp3) is 0.241. The minimum Gasteiger partial charge on any atom is -0.469 e. The first-order valence-electron chi connectivity index (χ1n) is 11.3. The topological polar surface area (TPSA) is 77.5 Å². The zero-order valence-electron chi connectivity index (χ0n) is 19.1. The molecule has 1 aliphatic carbocycles. The molecule has 0 aliphatic heterocycles. The summed E-state index contributed by atoms with van der Waals surface area (Å²) < 4.78 is 5.16. The van der Waals surface area contributed by atoms with E-state index in [0.29, 0.717) is 11.1 Å². The van der Waals surface area contributed by atoms with Gasteiger partial charge >= 0.3 is 5.97 Å². The van der Waals surface area contributed by atoms with Gasteiger partial charge in [0.05, 0.1) is 18.9 Å². The number of esters is 1. The van der Waals surface area contributed by atoms with Crippen molar-refractivity contribution in [2.24, 2.45) is 11.8 Å². The molecule has 0 bridgehead atoms. The zero-order valence-corrected chi connectivity index (χ0v) is 19.1. The van der Waals surface area contributed by atoms with Crippen LogP contribution in [0, 0.1) is 11.8 Å². The number of ketones is 3. The monoisotopic (exact) mass is 454 g/mol. The number of methoxy groups -OCH3 is 1. The molecule has 0 N–H and O–H groups in total. The summed E-state index contributed by atoms with van der Waals surface area (Å²) in [5.74, 6) is -4.52. The minimum atomic E-state index is -1.15. The molecule has 0 unspecified atom stereocenters. The summed E-state index contributed by atoms with van der Waals surface area (Å²) in [6, 6.07) is 24.7. The van der Waals surface area contributed by atoms with Gasteiger partial charge in [-0.2, -0.15) is 0 Å². The minimum absolute atomic E-state index is 0.0744. The highest BCUT2D eigenvalue weighted by Crippen LogP contribution is 2.53. The van der Waals surface area contributed by atoms with Crippen LogP contribution >= 0.6 is 0 Å². The van der Waals surface area contributed by atoms with Crippen molar-refractivity contribution >= 4 is 23.3 Å². The van der Waals surface area contributed by atoms with E-state index in [9.17, 15) is 19.2 Å². The number of hydrogen-bond donors (Lipinski definition) is 0. The van der Waals surface area contributed by atoms with Crippen LogP contribution in [0.1, 0.15) is 57.0 Å². The van der Waals surface area contributed by atoms with Crippen molar-refractivity contribution in [3.05, 3.63) is 107 Å². The number of benzene rings is 3. The third-order valence-corrected chi connectivity index (χ3v) is 6.60. The molecule has 4 rings (SSSR count). The summed E-state index contributed by atoms with van der Waals surface area (Å²) in [5.41, 5.74) is 2.34. The first kappa shape index (κ1) is 23.3. The molecule has 5 heteroatoms. The Morgan fingerprint density at radius 2 is 1.21 bits per heavy atom. The summed E-state index contributed by atoms with van der Waals surface area (Å²) >= 11 is 0. The first-order chi connectivity index (χ1) is 16.4. The van der Waals surface area contributed by atoms with E-state index in [-0.39, 0.29) is 23.8 Å². The Kier molecular flexibility index (Phi) is 6.82. The largest absolute Gasteiger partial charge is 0.469 e. The van der Waals surface area contributed by atoms with Crippen LogP contribution in [0.15, 0.2) is 84.9 Å². The molecule has 3 atom stereocenters. The summed E-state index contributed by atoms with van der Waals surface area (Å²) in [6.45, 7) is 1.48. The van der Waals surface area contributed by atoms with Crippen molar-refractivity contribution in [1.82, 2.24) is 0 Å². The molecule has 0 saturated carbocycles. The Balaban J connectivity index is 1.92. The van der Waals surface area contributed by atoms with E-state index in [4.69, 9.17) is 4.74 Å². The van der Waals surface area contributed by atoms with Crippen molar-refractivity contribution < 1.29 is 23.9 Å². The number of ether oxygens (including phenoxy) is 1. The van der Waals surface area contributed by atoms with Crippen molar-refractivity contribution in [3.8, 4) is 0 Å². The summed E-state index contributed by atoms with van der Waals surface area (Å²) in [6.07, 6.45) is 0.124. The highest BCUT2D eigenvalue weighted by atomic mass is 16.5. The van der Waals surface area contributed by atoms with Crippen molar-refractivity contribution in [1.29, 1.82) is 0 Å². The molecule has 5 nitrogen and oxygen atoms in total. The lowest BCUT2D eigenvalue weighted by Crippen LogP contribution is -2.37. The van der Waals surface area contributed by atoms with Crippen LogP contribution in [-0.2, 0) is 14.3 Å². The number of Topliss-reactive ketones (excluding diaryl/α,β-unsaturated/α-hetero) is 3. The maximum absolute atomic E-state index is 13.9. The number of hydrogen-bond acceptors (Lipinski definition) is 5. The predicted molar refractivity (Wildman–Crippen MR) is 128 cm³/mol. The highest BCUT2D eigenvalue weighted by molar-refractivity contribution is 6.17. The molecule has 3 aromatic rings. The van der Waals surface area contributed by atoms with Crippen LogP contribution in [0.3, 0.4) is 0 Å². The van der Waals surface area contributed by atoms with Gasteiger partial charge in [-0.05, 0) is 18.1 Å². The maximum Gasteiger partial charge on any atom is 0.309 e. The Hall–Kier alpha value is -3.86. The van der Waals surface area contributed by atoms with Crippen LogP contribution in [0.5, 0.6) is 0 Å². The van der Waals surface area contributed by atoms with Crippen LogP contribution in [0.2, 0.25) is 0 Å². The zero-order chi connectivity index (χ0) is 24.2. The number of rotatable bonds is 8. The highest BCUT2D eigenvalue weighted by Gasteiger charge is 2.52. The van der Waals surface area contributed by atoms with E-state index in [1.54, 1.807) is 60.7 Å². The average Bonchev–Trinajstić information content (AvgIpc) is 3.18. The molecule has 172 valence electrons. The van der Waals surface area contributed by atoms with Gasteiger partial charge in [-0.15, -0.1) is 0 Å². The third kappa shape index (κ3) is 4.34. The molecule has 0 amide bonds. The molecule has 0 spiro atoms. The smallest absolute Gasteiger partial charge is 0.309 e. The van der Waals surface area contributed by atoms with Crippen LogP contribution < -0.4 is 0 Å². The third-order valence-electron chi connectivity index (χ3n) is 6.60. The van der Waals surface area contributed by atoms with E-state index in [0.717, 1.165) is 11.1 Å². The number of carbonyl (C=O) groups excluding carboxylic acids is 4. The SMILES string of the molecule is COC(=O)[C@H]1[C@@H](CC(C)=O)c2ccccc2[C@H]1C(C(=O)c1ccccc1)C(=O)c1ccccc1. The van der Waals surface area contributed by atoms with Crippen LogP contribution in [-0.4, -0.2) is 30.4 Å². The summed E-state index contributed by atoms with van der Waals surface area (Å²) in [4.78, 5) is 53.1. The maximum atomic E-state index is 13.9. The predicted octanol–water partition coefficient (Wildman–Crippen LogP) is 5.02. The Morgan fingerprint density at radius 3 is 1.68 bits per heavy atom. The molecule has 0 fully saturated rings. The van der Waals surface area contributed by atoms with Gasteiger partial charge in [-0.1, -0.05) is 84.9 Å². The molecular weight excluding hydrogens is 428 g/mol. The Morgan fingerprint density at radius 1 is 0.735 bits per heavy atom. The molecule has 34 heavy (non-hydrogen) atoms. The van der Waals surface area contributed by atoms with Gasteiger partial charge in [0, 0.05) is 29.4 Å². The lowest BCUT2D eigenvalue weighted by atomic mass is 9.72. The molecule has 0 heterocycles. The van der Waals surface area contributed by atoms with Crippen LogP contribution in [0.4, 0.5) is 0 Å². The van der Waals surface area contributed by atoms with Gasteiger partial charge in [0.1, 0.15) is 5.78 Å². The van der Waals surface area contributed by atoms with Crippen molar-refractivity contribution in [2.75, 3.05) is 7.11 Å². The molecule has 0 aromatic heterocycles. The molecule has 0 radical (unpaired) electrons. The van der Waals surface area contributed by atoms with Gasteiger partial charge in [0.25, 0.3) is 0 Å². The van der Waals surface area contributed by atoms with Gasteiger partial charge in [-0.25, -0.2) is 0 Å². The van der Waals surface area contributed by atoms with E-state index < -0.39 is 29.6 Å². The molecule has 3 aromatic carbocycles. The van der Waals surface area contributed by atoms with Gasteiger partial charge < -0.3 is 9.53 Å². The second kappa shape index (κ2) is 9.96. The Bertz CT molecular complexity index is 1160. The molecule has 1 aliphatic rings. The van der Waals surface area contributed by atoms with Gasteiger partial charge in [-0.3, -0.25) is 14.4 Å². The quantitative estimate of drug-likeness (QED) is 0.271. The Labute approximate surface area is 198 Å². The summed E-state index contributed by atoms with van der Waals surface area (Å²) in [7, 11) is 1.29. The van der Waals surface area contributed by atoms with Crippen LogP contribution in [0.25, 0.3) is 0 Å². The number of carbonyl (C=O) groups is 4. The average molecular weight is 455 g/mol. The molecular formula is C29H26O5. The fourth-order valence-corrected chi connectivity index (χ4v) is 5.18. The second-order valence-corrected chi connectivity index (χ2v) is 8.65. The van der Waals surface area contributed by atoms with E-state index in [1.165, 1.54) is 14.0 Å². The number of fused-ring (bicyclic) bond motifs is 1. The molecule has 0 saturated heterocycles. The standard InChI is InChI=1S/C29H26O5/c1-18(30)17-23-21-15-9-10-16-22(21)24(25(23)29(33)34-2)26(27(31)19-11-5-3-6-12-19)28(32)20-13-7-4-8-14-20/h3-16,23-26H,17H2,1-2H3/t23-,24+,25-/m0/s1.